The van der Waals surface area contributed by atoms with Gasteiger partial charge in [0.25, 0.3) is 0 Å². The SMILES string of the molecule is CCCCOCOc1ccc(S(=O)(=O)N[C@H](C)CS)cc1. The van der Waals surface area contributed by atoms with E-state index in [4.69, 9.17) is 9.47 Å². The van der Waals surface area contributed by atoms with Crippen LogP contribution < -0.4 is 9.46 Å². The van der Waals surface area contributed by atoms with Crippen LogP contribution in [0, 0.1) is 0 Å². The third-order valence-electron chi connectivity index (χ3n) is 2.72. The summed E-state index contributed by atoms with van der Waals surface area (Å²) >= 11 is 4.06. The zero-order valence-corrected chi connectivity index (χ0v) is 14.1. The number of hydrogen-bond donors (Lipinski definition) is 2. The zero-order valence-electron chi connectivity index (χ0n) is 12.4. The van der Waals surface area contributed by atoms with Crippen molar-refractivity contribution in [1.82, 2.24) is 4.72 Å². The van der Waals surface area contributed by atoms with Gasteiger partial charge in [0, 0.05) is 11.8 Å². The van der Waals surface area contributed by atoms with Gasteiger partial charge in [0.15, 0.2) is 6.79 Å². The fourth-order valence-corrected chi connectivity index (χ4v) is 2.96. The average Bonchev–Trinajstić information content (AvgIpc) is 2.47. The van der Waals surface area contributed by atoms with E-state index in [-0.39, 0.29) is 17.7 Å². The summed E-state index contributed by atoms with van der Waals surface area (Å²) in [5, 5.41) is 0. The number of nitrogens with one attached hydrogen (secondary N) is 1. The Morgan fingerprint density at radius 1 is 1.29 bits per heavy atom. The Balaban J connectivity index is 2.53. The highest BCUT2D eigenvalue weighted by Crippen LogP contribution is 2.16. The molecule has 0 radical (unpaired) electrons. The Kier molecular flexibility index (Phi) is 8.10. The fraction of sp³-hybridized carbons (Fsp3) is 0.571. The van der Waals surface area contributed by atoms with Crippen molar-refractivity contribution in [2.45, 2.75) is 37.6 Å². The second-order valence-electron chi connectivity index (χ2n) is 4.70. The monoisotopic (exact) mass is 333 g/mol. The minimum atomic E-state index is -3.51. The second-order valence-corrected chi connectivity index (χ2v) is 6.78. The van der Waals surface area contributed by atoms with Crippen molar-refractivity contribution in [2.75, 3.05) is 19.2 Å². The quantitative estimate of drug-likeness (QED) is 0.392. The van der Waals surface area contributed by atoms with Crippen molar-refractivity contribution in [3.8, 4) is 5.75 Å². The first-order valence-corrected chi connectivity index (χ1v) is 9.05. The van der Waals surface area contributed by atoms with Gasteiger partial charge in [0.1, 0.15) is 5.75 Å². The van der Waals surface area contributed by atoms with Crippen molar-refractivity contribution in [2.24, 2.45) is 0 Å². The van der Waals surface area contributed by atoms with E-state index in [0.29, 0.717) is 18.1 Å². The number of rotatable bonds is 10. The molecule has 0 spiro atoms. The van der Waals surface area contributed by atoms with E-state index in [1.807, 2.05) is 0 Å². The lowest BCUT2D eigenvalue weighted by Gasteiger charge is -2.12. The van der Waals surface area contributed by atoms with Crippen molar-refractivity contribution in [1.29, 1.82) is 0 Å². The number of ether oxygens (including phenoxy) is 2. The predicted octanol–water partition coefficient (Wildman–Crippen LogP) is 2.44. The molecule has 0 heterocycles. The molecule has 0 bridgehead atoms. The van der Waals surface area contributed by atoms with Crippen LogP contribution in [0.2, 0.25) is 0 Å². The molecule has 0 aliphatic heterocycles. The van der Waals surface area contributed by atoms with E-state index in [1.165, 1.54) is 12.1 Å². The molecule has 7 heteroatoms. The first-order chi connectivity index (χ1) is 9.99. The maximum Gasteiger partial charge on any atom is 0.240 e. The average molecular weight is 333 g/mol. The third kappa shape index (κ3) is 6.69. The molecular weight excluding hydrogens is 310 g/mol. The highest BCUT2D eigenvalue weighted by atomic mass is 32.2. The normalized spacial score (nSPS) is 13.1. The topological polar surface area (TPSA) is 64.6 Å². The molecule has 5 nitrogen and oxygen atoms in total. The summed E-state index contributed by atoms with van der Waals surface area (Å²) in [6, 6.07) is 6.03. The largest absolute Gasteiger partial charge is 0.468 e. The van der Waals surface area contributed by atoms with E-state index < -0.39 is 10.0 Å². The molecule has 0 unspecified atom stereocenters. The van der Waals surface area contributed by atoms with Crippen LogP contribution in [0.5, 0.6) is 5.75 Å². The van der Waals surface area contributed by atoms with Crippen molar-refractivity contribution >= 4 is 22.7 Å². The molecule has 0 saturated heterocycles. The van der Waals surface area contributed by atoms with E-state index in [2.05, 4.69) is 24.3 Å². The molecule has 1 atom stereocenters. The molecule has 1 rings (SSSR count). The van der Waals surface area contributed by atoms with Gasteiger partial charge in [0.05, 0.1) is 11.5 Å². The number of sulfonamides is 1. The Labute approximate surface area is 132 Å². The number of unbranched alkanes of at least 4 members (excludes halogenated alkanes) is 1. The van der Waals surface area contributed by atoms with E-state index in [9.17, 15) is 8.42 Å². The summed E-state index contributed by atoms with van der Waals surface area (Å²) in [5.74, 6) is 1.02. The molecule has 0 aliphatic carbocycles. The highest BCUT2D eigenvalue weighted by molar-refractivity contribution is 7.89. The Bertz CT molecular complexity index is 502. The molecule has 0 saturated carbocycles. The van der Waals surface area contributed by atoms with Crippen LogP contribution in [0.3, 0.4) is 0 Å². The number of thiol groups is 1. The van der Waals surface area contributed by atoms with Gasteiger partial charge in [-0.25, -0.2) is 13.1 Å². The molecule has 120 valence electrons. The van der Waals surface area contributed by atoms with Gasteiger partial charge in [-0.3, -0.25) is 0 Å². The molecule has 0 fully saturated rings. The Morgan fingerprint density at radius 3 is 2.52 bits per heavy atom. The third-order valence-corrected chi connectivity index (χ3v) is 4.87. The van der Waals surface area contributed by atoms with E-state index in [0.717, 1.165) is 12.8 Å². The van der Waals surface area contributed by atoms with E-state index in [1.54, 1.807) is 19.1 Å². The van der Waals surface area contributed by atoms with E-state index >= 15 is 0 Å². The molecule has 21 heavy (non-hydrogen) atoms. The molecule has 0 aliphatic rings. The van der Waals surface area contributed by atoms with Crippen LogP contribution in [-0.4, -0.2) is 33.6 Å². The maximum absolute atomic E-state index is 12.0. The molecule has 0 amide bonds. The van der Waals surface area contributed by atoms with Gasteiger partial charge in [-0.2, -0.15) is 12.6 Å². The smallest absolute Gasteiger partial charge is 0.240 e. The van der Waals surface area contributed by atoms with Gasteiger partial charge >= 0.3 is 0 Å². The van der Waals surface area contributed by atoms with Gasteiger partial charge in [-0.05, 0) is 37.6 Å². The fourth-order valence-electron chi connectivity index (χ4n) is 1.50. The van der Waals surface area contributed by atoms with Gasteiger partial charge < -0.3 is 9.47 Å². The molecule has 1 N–H and O–H groups in total. The summed E-state index contributed by atoms with van der Waals surface area (Å²) in [7, 11) is -3.51. The van der Waals surface area contributed by atoms with Crippen molar-refractivity contribution < 1.29 is 17.9 Å². The van der Waals surface area contributed by atoms with Crippen LogP contribution >= 0.6 is 12.6 Å². The number of benzene rings is 1. The summed E-state index contributed by atoms with van der Waals surface area (Å²) in [6.07, 6.45) is 2.07. The zero-order chi connectivity index (χ0) is 15.7. The maximum atomic E-state index is 12.0. The molecule has 1 aromatic carbocycles. The second kappa shape index (κ2) is 9.30. The molecule has 1 aromatic rings. The van der Waals surface area contributed by atoms with Crippen molar-refractivity contribution in [3.05, 3.63) is 24.3 Å². The molecular formula is C14H23NO4S2. The Hall–Kier alpha value is -0.760. The number of hydrogen-bond acceptors (Lipinski definition) is 5. The van der Waals surface area contributed by atoms with Crippen molar-refractivity contribution in [3.63, 3.8) is 0 Å². The lowest BCUT2D eigenvalue weighted by Crippen LogP contribution is -2.33. The van der Waals surface area contributed by atoms with Crippen LogP contribution in [0.1, 0.15) is 26.7 Å². The van der Waals surface area contributed by atoms with Crippen LogP contribution in [0.25, 0.3) is 0 Å². The lowest BCUT2D eigenvalue weighted by atomic mass is 10.3. The highest BCUT2D eigenvalue weighted by Gasteiger charge is 2.16. The van der Waals surface area contributed by atoms with Crippen LogP contribution in [0.4, 0.5) is 0 Å². The minimum Gasteiger partial charge on any atom is -0.468 e. The summed E-state index contributed by atoms with van der Waals surface area (Å²) < 4.78 is 37.3. The standard InChI is InChI=1S/C14H23NO4S2/c1-3-4-9-18-11-19-13-5-7-14(8-6-13)21(16,17)15-12(2)10-20/h5-8,12,15,20H,3-4,9-11H2,1-2H3/t12-/m1/s1. The summed E-state index contributed by atoms with van der Waals surface area (Å²) in [6.45, 7) is 4.68. The molecule has 0 aromatic heterocycles. The predicted molar refractivity (Wildman–Crippen MR) is 86.4 cm³/mol. The van der Waals surface area contributed by atoms with Gasteiger partial charge in [-0.15, -0.1) is 0 Å². The van der Waals surface area contributed by atoms with Crippen LogP contribution in [0.15, 0.2) is 29.2 Å². The summed E-state index contributed by atoms with van der Waals surface area (Å²) in [5.41, 5.74) is 0. The first kappa shape index (κ1) is 18.3. The van der Waals surface area contributed by atoms with Gasteiger partial charge in [0.2, 0.25) is 10.0 Å². The first-order valence-electron chi connectivity index (χ1n) is 6.93. The Morgan fingerprint density at radius 2 is 1.95 bits per heavy atom. The van der Waals surface area contributed by atoms with Gasteiger partial charge in [-0.1, -0.05) is 13.3 Å². The van der Waals surface area contributed by atoms with Crippen LogP contribution in [-0.2, 0) is 14.8 Å². The summed E-state index contributed by atoms with van der Waals surface area (Å²) in [4.78, 5) is 0.204. The lowest BCUT2D eigenvalue weighted by molar-refractivity contribution is 0.0140. The minimum absolute atomic E-state index is 0.168.